The number of hydrogen-bond acceptors (Lipinski definition) is 4. The third-order valence-electron chi connectivity index (χ3n) is 2.83. The topological polar surface area (TPSA) is 56.5 Å². The highest BCUT2D eigenvalue weighted by atomic mass is 35.5. The van der Waals surface area contributed by atoms with Crippen molar-refractivity contribution in [2.75, 3.05) is 6.61 Å². The number of rotatable bonds is 5. The van der Waals surface area contributed by atoms with Gasteiger partial charge in [-0.25, -0.2) is 4.79 Å². The minimum absolute atomic E-state index is 0.0654. The van der Waals surface area contributed by atoms with Gasteiger partial charge in [0.05, 0.1) is 5.02 Å². The molecule has 0 aliphatic carbocycles. The maximum Gasteiger partial charge on any atom is 0.336 e. The predicted octanol–water partition coefficient (Wildman–Crippen LogP) is 3.37. The third kappa shape index (κ3) is 3.20. The quantitative estimate of drug-likeness (QED) is 0.793. The highest BCUT2D eigenvalue weighted by Crippen LogP contribution is 2.31. The molecule has 1 aromatic heterocycles. The first-order chi connectivity index (χ1) is 9.51. The second kappa shape index (κ2) is 6.09. The lowest BCUT2D eigenvalue weighted by Crippen LogP contribution is -2.07. The Morgan fingerprint density at radius 2 is 2.10 bits per heavy atom. The zero-order valence-corrected chi connectivity index (χ0v) is 12.1. The van der Waals surface area contributed by atoms with Crippen LogP contribution in [0.4, 0.5) is 0 Å². The molecular formula is C15H15ClO4. The number of benzene rings is 1. The number of fused-ring (bicyclic) bond motifs is 1. The Bertz CT molecular complexity index is 703. The lowest BCUT2D eigenvalue weighted by molar-refractivity contribution is -0.118. The molecule has 0 bridgehead atoms. The number of hydrogen-bond donors (Lipinski definition) is 0. The van der Waals surface area contributed by atoms with E-state index in [1.54, 1.807) is 12.1 Å². The molecule has 0 N–H and O–H groups in total. The van der Waals surface area contributed by atoms with Gasteiger partial charge in [-0.2, -0.15) is 0 Å². The van der Waals surface area contributed by atoms with Crippen molar-refractivity contribution in [3.63, 3.8) is 0 Å². The summed E-state index contributed by atoms with van der Waals surface area (Å²) in [4.78, 5) is 22.5. The van der Waals surface area contributed by atoms with E-state index in [-0.39, 0.29) is 12.4 Å². The molecule has 106 valence electrons. The summed E-state index contributed by atoms with van der Waals surface area (Å²) in [5.74, 6) is 0.230. The monoisotopic (exact) mass is 294 g/mol. The number of halogens is 1. The van der Waals surface area contributed by atoms with Gasteiger partial charge in [-0.05, 0) is 25.0 Å². The smallest absolute Gasteiger partial charge is 0.336 e. The van der Waals surface area contributed by atoms with Crippen LogP contribution < -0.4 is 10.4 Å². The van der Waals surface area contributed by atoms with Crippen LogP contribution in [0.3, 0.4) is 0 Å². The summed E-state index contributed by atoms with van der Waals surface area (Å²) in [7, 11) is 0. The molecule has 0 spiro atoms. The molecule has 5 heteroatoms. The summed E-state index contributed by atoms with van der Waals surface area (Å²) in [6.07, 6.45) is 1.69. The molecular weight excluding hydrogens is 280 g/mol. The lowest BCUT2D eigenvalue weighted by Gasteiger charge is -2.09. The summed E-state index contributed by atoms with van der Waals surface area (Å²) < 4.78 is 10.5. The average Bonchev–Trinajstić information content (AvgIpc) is 2.37. The van der Waals surface area contributed by atoms with Gasteiger partial charge >= 0.3 is 5.63 Å². The Morgan fingerprint density at radius 1 is 1.35 bits per heavy atom. The van der Waals surface area contributed by atoms with Crippen molar-refractivity contribution in [1.82, 2.24) is 0 Å². The fraction of sp³-hybridized carbons (Fsp3) is 0.333. The van der Waals surface area contributed by atoms with Crippen LogP contribution in [0.15, 0.2) is 27.4 Å². The maximum absolute atomic E-state index is 11.5. The first-order valence-corrected chi connectivity index (χ1v) is 6.77. The van der Waals surface area contributed by atoms with Crippen LogP contribution in [0.1, 0.15) is 25.8 Å². The van der Waals surface area contributed by atoms with Gasteiger partial charge in [-0.1, -0.05) is 24.9 Å². The summed E-state index contributed by atoms with van der Waals surface area (Å²) in [6, 6.07) is 4.75. The molecule has 0 aliphatic rings. The largest absolute Gasteiger partial charge is 0.484 e. The van der Waals surface area contributed by atoms with Gasteiger partial charge in [0.15, 0.2) is 5.78 Å². The van der Waals surface area contributed by atoms with E-state index >= 15 is 0 Å². The van der Waals surface area contributed by atoms with Crippen LogP contribution in [0, 0.1) is 0 Å². The standard InChI is InChI=1S/C15H15ClO4/c1-3-4-10-5-15(18)20-13-7-14(19-8-9(2)17)12(16)6-11(10)13/h5-7H,3-4,8H2,1-2H3. The van der Waals surface area contributed by atoms with Crippen LogP contribution >= 0.6 is 11.6 Å². The molecule has 0 amide bonds. The Hall–Kier alpha value is -1.81. The summed E-state index contributed by atoms with van der Waals surface area (Å²) in [5.41, 5.74) is 0.920. The van der Waals surface area contributed by atoms with Crippen LogP contribution in [0.5, 0.6) is 5.75 Å². The molecule has 4 nitrogen and oxygen atoms in total. The van der Waals surface area contributed by atoms with Gasteiger partial charge in [-0.3, -0.25) is 4.79 Å². The lowest BCUT2D eigenvalue weighted by atomic mass is 10.1. The van der Waals surface area contributed by atoms with Crippen molar-refractivity contribution in [2.45, 2.75) is 26.7 Å². The number of carbonyl (C=O) groups is 1. The average molecular weight is 295 g/mol. The first-order valence-electron chi connectivity index (χ1n) is 6.39. The fourth-order valence-corrected chi connectivity index (χ4v) is 2.21. The van der Waals surface area contributed by atoms with Crippen molar-refractivity contribution >= 4 is 28.4 Å². The molecule has 1 aromatic carbocycles. The number of ketones is 1. The molecule has 0 saturated heterocycles. The van der Waals surface area contributed by atoms with Gasteiger partial charge in [0.2, 0.25) is 0 Å². The van der Waals surface area contributed by atoms with E-state index in [1.165, 1.54) is 13.0 Å². The van der Waals surface area contributed by atoms with Gasteiger partial charge in [-0.15, -0.1) is 0 Å². The normalized spacial score (nSPS) is 10.8. The Balaban J connectivity index is 2.53. The van der Waals surface area contributed by atoms with E-state index in [0.717, 1.165) is 23.8 Å². The van der Waals surface area contributed by atoms with E-state index in [4.69, 9.17) is 20.8 Å². The number of carbonyl (C=O) groups excluding carboxylic acids is 1. The zero-order chi connectivity index (χ0) is 14.7. The molecule has 0 aliphatic heterocycles. The number of Topliss-reactive ketones (excluding diaryl/α,β-unsaturated/α-hetero) is 1. The molecule has 0 unspecified atom stereocenters. The second-order valence-electron chi connectivity index (χ2n) is 4.61. The third-order valence-corrected chi connectivity index (χ3v) is 3.13. The SMILES string of the molecule is CCCc1cc(=O)oc2cc(OCC(C)=O)c(Cl)cc12. The number of aryl methyl sites for hydroxylation is 1. The summed E-state index contributed by atoms with van der Waals surface area (Å²) in [5, 5.41) is 1.19. The van der Waals surface area contributed by atoms with Crippen LogP contribution in [-0.4, -0.2) is 12.4 Å². The van der Waals surface area contributed by atoms with E-state index in [0.29, 0.717) is 16.4 Å². The Morgan fingerprint density at radius 3 is 2.75 bits per heavy atom. The first kappa shape index (κ1) is 14.6. The molecule has 2 aromatic rings. The minimum atomic E-state index is -0.402. The summed E-state index contributed by atoms with van der Waals surface area (Å²) in [6.45, 7) is 3.39. The predicted molar refractivity (Wildman–Crippen MR) is 77.7 cm³/mol. The molecule has 2 rings (SSSR count). The molecule has 0 atom stereocenters. The van der Waals surface area contributed by atoms with Gasteiger partial charge in [0.1, 0.15) is 17.9 Å². The van der Waals surface area contributed by atoms with Gasteiger partial charge in [0.25, 0.3) is 0 Å². The van der Waals surface area contributed by atoms with Gasteiger partial charge in [0, 0.05) is 17.5 Å². The fourth-order valence-electron chi connectivity index (χ4n) is 1.99. The zero-order valence-electron chi connectivity index (χ0n) is 11.4. The van der Waals surface area contributed by atoms with E-state index in [2.05, 4.69) is 0 Å². The second-order valence-corrected chi connectivity index (χ2v) is 5.02. The van der Waals surface area contributed by atoms with Crippen LogP contribution in [-0.2, 0) is 11.2 Å². The van der Waals surface area contributed by atoms with Gasteiger partial charge < -0.3 is 9.15 Å². The molecule has 1 heterocycles. The highest BCUT2D eigenvalue weighted by molar-refractivity contribution is 6.32. The van der Waals surface area contributed by atoms with Crippen LogP contribution in [0.2, 0.25) is 5.02 Å². The summed E-state index contributed by atoms with van der Waals surface area (Å²) >= 11 is 6.14. The van der Waals surface area contributed by atoms with Crippen molar-refractivity contribution in [3.05, 3.63) is 39.2 Å². The van der Waals surface area contributed by atoms with E-state index < -0.39 is 5.63 Å². The highest BCUT2D eigenvalue weighted by Gasteiger charge is 2.11. The van der Waals surface area contributed by atoms with Crippen LogP contribution in [0.25, 0.3) is 11.0 Å². The Labute approximate surface area is 121 Å². The van der Waals surface area contributed by atoms with Crippen molar-refractivity contribution in [3.8, 4) is 5.75 Å². The number of ether oxygens (including phenoxy) is 1. The Kier molecular flexibility index (Phi) is 4.45. The molecule has 0 fully saturated rings. The van der Waals surface area contributed by atoms with E-state index in [1.807, 2.05) is 6.92 Å². The molecule has 20 heavy (non-hydrogen) atoms. The molecule has 0 radical (unpaired) electrons. The van der Waals surface area contributed by atoms with E-state index in [9.17, 15) is 9.59 Å². The van der Waals surface area contributed by atoms with Crippen molar-refractivity contribution in [2.24, 2.45) is 0 Å². The minimum Gasteiger partial charge on any atom is -0.484 e. The molecule has 0 saturated carbocycles. The van der Waals surface area contributed by atoms with Crippen molar-refractivity contribution in [1.29, 1.82) is 0 Å². The maximum atomic E-state index is 11.5. The van der Waals surface area contributed by atoms with Crippen molar-refractivity contribution < 1.29 is 13.9 Å².